The van der Waals surface area contributed by atoms with Gasteiger partial charge in [0, 0.05) is 43.2 Å². The molecule has 2 fully saturated rings. The molecule has 11 nitrogen and oxygen atoms in total. The van der Waals surface area contributed by atoms with E-state index in [9.17, 15) is 0 Å². The second kappa shape index (κ2) is 14.4. The minimum absolute atomic E-state index is 0.391. The Balaban J connectivity index is 1.09. The highest BCUT2D eigenvalue weighted by atomic mass is 16.5. The van der Waals surface area contributed by atoms with Gasteiger partial charge in [-0.15, -0.1) is 5.10 Å². The number of anilines is 2. The second-order valence-corrected chi connectivity index (χ2v) is 10.7. The molecule has 1 saturated heterocycles. The molecule has 2 aromatic heterocycles. The van der Waals surface area contributed by atoms with Gasteiger partial charge in [0.05, 0.1) is 25.4 Å². The summed E-state index contributed by atoms with van der Waals surface area (Å²) in [4.78, 5) is 9.58. The first-order chi connectivity index (χ1) is 19.3. The fraction of sp³-hybridized carbons (Fsp3) is 0.643. The fourth-order valence-corrected chi connectivity index (χ4v) is 5.45. The van der Waals surface area contributed by atoms with Crippen molar-refractivity contribution in [1.82, 2.24) is 40.9 Å². The van der Waals surface area contributed by atoms with E-state index in [1.807, 2.05) is 29.1 Å². The predicted octanol–water partition coefficient (Wildman–Crippen LogP) is 2.91. The Bertz CT molecular complexity index is 1160. The summed E-state index contributed by atoms with van der Waals surface area (Å²) in [6, 6.07) is 7.04. The summed E-state index contributed by atoms with van der Waals surface area (Å²) < 4.78 is 7.34. The van der Waals surface area contributed by atoms with Crippen molar-refractivity contribution in [3.05, 3.63) is 30.1 Å². The van der Waals surface area contributed by atoms with Crippen LogP contribution in [0.25, 0.3) is 10.9 Å². The number of aromatic nitrogens is 5. The van der Waals surface area contributed by atoms with Gasteiger partial charge in [0.25, 0.3) is 0 Å². The third-order valence-corrected chi connectivity index (χ3v) is 7.68. The molecule has 5 rings (SSSR count). The monoisotopic (exact) mass is 536 g/mol. The first-order valence-electron chi connectivity index (χ1n) is 14.7. The Kier molecular flexibility index (Phi) is 10.2. The van der Waals surface area contributed by atoms with Gasteiger partial charge in [-0.05, 0) is 63.9 Å². The van der Waals surface area contributed by atoms with E-state index < -0.39 is 0 Å². The van der Waals surface area contributed by atoms with Crippen molar-refractivity contribution < 1.29 is 4.74 Å². The molecule has 0 radical (unpaired) electrons. The van der Waals surface area contributed by atoms with E-state index in [1.54, 1.807) is 7.11 Å². The van der Waals surface area contributed by atoms with Gasteiger partial charge < -0.3 is 31.3 Å². The van der Waals surface area contributed by atoms with Crippen molar-refractivity contribution in [2.75, 3.05) is 50.5 Å². The molecule has 0 unspecified atom stereocenters. The maximum absolute atomic E-state index is 5.43. The molecule has 1 saturated carbocycles. The summed E-state index contributed by atoms with van der Waals surface area (Å²) in [5.74, 6) is 2.19. The van der Waals surface area contributed by atoms with Gasteiger partial charge in [-0.2, -0.15) is 4.98 Å². The summed E-state index contributed by atoms with van der Waals surface area (Å²) in [5, 5.41) is 27.3. The number of hydrogen-bond acceptors (Lipinski definition) is 10. The van der Waals surface area contributed by atoms with Gasteiger partial charge in [0.2, 0.25) is 5.95 Å². The number of nitrogens with zero attached hydrogens (tertiary/aromatic N) is 5. The molecule has 212 valence electrons. The highest BCUT2D eigenvalue weighted by molar-refractivity contribution is 5.91. The first-order valence-corrected chi connectivity index (χ1v) is 14.7. The van der Waals surface area contributed by atoms with E-state index in [0.717, 1.165) is 92.7 Å². The number of piperidine rings is 1. The molecule has 3 heterocycles. The number of nitrogens with one attached hydrogen (secondary N) is 5. The van der Waals surface area contributed by atoms with Gasteiger partial charge in [-0.3, -0.25) is 4.68 Å². The maximum Gasteiger partial charge on any atom is 0.225 e. The Morgan fingerprint density at radius 3 is 2.72 bits per heavy atom. The van der Waals surface area contributed by atoms with Crippen LogP contribution in [0.5, 0.6) is 5.75 Å². The van der Waals surface area contributed by atoms with Crippen LogP contribution in [0.15, 0.2) is 24.4 Å². The molecular weight excluding hydrogens is 492 g/mol. The zero-order chi connectivity index (χ0) is 26.7. The van der Waals surface area contributed by atoms with E-state index in [2.05, 4.69) is 36.9 Å². The summed E-state index contributed by atoms with van der Waals surface area (Å²) in [5.41, 5.74) is 1.70. The third-order valence-electron chi connectivity index (χ3n) is 7.68. The first kappa shape index (κ1) is 27.5. The number of methoxy groups -OCH3 is 1. The molecule has 1 aliphatic heterocycles. The predicted molar refractivity (Wildman–Crippen MR) is 155 cm³/mol. The molecule has 1 aliphatic carbocycles. The highest BCUT2D eigenvalue weighted by Gasteiger charge is 2.17. The molecule has 2 aliphatic rings. The molecule has 0 atom stereocenters. The van der Waals surface area contributed by atoms with Gasteiger partial charge in [-0.1, -0.05) is 24.5 Å². The van der Waals surface area contributed by atoms with Crippen LogP contribution in [0, 0.1) is 0 Å². The Labute approximate surface area is 231 Å². The van der Waals surface area contributed by atoms with Crippen LogP contribution < -0.4 is 31.3 Å². The normalized spacial score (nSPS) is 16.9. The molecule has 1 aromatic carbocycles. The van der Waals surface area contributed by atoms with Crippen LogP contribution in [0.1, 0.15) is 57.1 Å². The average Bonchev–Trinajstić information content (AvgIpc) is 3.44. The van der Waals surface area contributed by atoms with Crippen LogP contribution in [0.4, 0.5) is 11.8 Å². The highest BCUT2D eigenvalue weighted by Crippen LogP contribution is 2.27. The van der Waals surface area contributed by atoms with Crippen molar-refractivity contribution in [2.45, 2.75) is 76.5 Å². The number of rotatable bonds is 14. The number of ether oxygens (including phenoxy) is 1. The number of hydrogen-bond donors (Lipinski definition) is 5. The van der Waals surface area contributed by atoms with Gasteiger partial charge in [0.15, 0.2) is 0 Å². The topological polar surface area (TPSA) is 126 Å². The smallest absolute Gasteiger partial charge is 0.225 e. The van der Waals surface area contributed by atoms with Crippen LogP contribution >= 0.6 is 0 Å². The fourth-order valence-electron chi connectivity index (χ4n) is 5.45. The van der Waals surface area contributed by atoms with E-state index in [0.29, 0.717) is 18.5 Å². The molecule has 0 amide bonds. The molecule has 5 N–H and O–H groups in total. The summed E-state index contributed by atoms with van der Waals surface area (Å²) >= 11 is 0. The van der Waals surface area contributed by atoms with Crippen LogP contribution in [-0.2, 0) is 13.1 Å². The molecule has 0 spiro atoms. The molecule has 11 heteroatoms. The van der Waals surface area contributed by atoms with Gasteiger partial charge in [0.1, 0.15) is 17.3 Å². The minimum Gasteiger partial charge on any atom is -0.497 e. The summed E-state index contributed by atoms with van der Waals surface area (Å²) in [6.45, 7) is 6.41. The van der Waals surface area contributed by atoms with Crippen molar-refractivity contribution >= 4 is 22.7 Å². The lowest BCUT2D eigenvalue weighted by Crippen LogP contribution is -2.36. The minimum atomic E-state index is 0.391. The SMILES string of the molecule is COc1ccc2c(NC3CCNCC3)nc(NCc3cn(CCCNCCNC4CCCCC4)nn3)nc2c1. The van der Waals surface area contributed by atoms with Crippen molar-refractivity contribution in [1.29, 1.82) is 0 Å². The molecule has 3 aromatic rings. The van der Waals surface area contributed by atoms with Crippen LogP contribution in [0.3, 0.4) is 0 Å². The van der Waals surface area contributed by atoms with E-state index in [-0.39, 0.29) is 0 Å². The number of aryl methyl sites for hydroxylation is 1. The molecule has 0 bridgehead atoms. The Hall–Kier alpha value is -3.02. The molecule has 39 heavy (non-hydrogen) atoms. The van der Waals surface area contributed by atoms with E-state index in [1.165, 1.54) is 32.1 Å². The van der Waals surface area contributed by atoms with Gasteiger partial charge in [-0.25, -0.2) is 4.98 Å². The zero-order valence-corrected chi connectivity index (χ0v) is 23.2. The lowest BCUT2D eigenvalue weighted by atomic mass is 9.95. The lowest BCUT2D eigenvalue weighted by molar-refractivity contribution is 0.372. The van der Waals surface area contributed by atoms with Crippen molar-refractivity contribution in [2.24, 2.45) is 0 Å². The quantitative estimate of drug-likeness (QED) is 0.196. The summed E-state index contributed by atoms with van der Waals surface area (Å²) in [6.07, 6.45) is 12.0. The Morgan fingerprint density at radius 2 is 1.87 bits per heavy atom. The standard InChI is InChI=1S/C28H44N10O/c1-39-24-8-9-25-26(18-24)34-28(35-27(25)33-22-10-13-30-14-11-22)32-19-23-20-38(37-36-23)17-5-12-29-15-16-31-21-6-3-2-4-7-21/h8-9,18,20-22,29-31H,2-7,10-17,19H2,1H3,(H2,32,33,34,35). The lowest BCUT2D eigenvalue weighted by Gasteiger charge is -2.25. The van der Waals surface area contributed by atoms with Gasteiger partial charge >= 0.3 is 0 Å². The second-order valence-electron chi connectivity index (χ2n) is 10.7. The number of fused-ring (bicyclic) bond motifs is 1. The van der Waals surface area contributed by atoms with Crippen LogP contribution in [-0.4, -0.2) is 76.9 Å². The average molecular weight is 537 g/mol. The Morgan fingerprint density at radius 1 is 1.00 bits per heavy atom. The summed E-state index contributed by atoms with van der Waals surface area (Å²) in [7, 11) is 1.67. The largest absolute Gasteiger partial charge is 0.497 e. The van der Waals surface area contributed by atoms with Crippen molar-refractivity contribution in [3.63, 3.8) is 0 Å². The van der Waals surface area contributed by atoms with E-state index >= 15 is 0 Å². The maximum atomic E-state index is 5.43. The molecular formula is C28H44N10O. The number of benzene rings is 1. The van der Waals surface area contributed by atoms with Crippen LogP contribution in [0.2, 0.25) is 0 Å². The third kappa shape index (κ3) is 8.23. The van der Waals surface area contributed by atoms with E-state index in [4.69, 9.17) is 14.7 Å². The zero-order valence-electron chi connectivity index (χ0n) is 23.2. The van der Waals surface area contributed by atoms with Crippen molar-refractivity contribution in [3.8, 4) is 5.75 Å².